The third kappa shape index (κ3) is 4.37. The summed E-state index contributed by atoms with van der Waals surface area (Å²) >= 11 is 0. The van der Waals surface area contributed by atoms with Crippen LogP contribution in [0.5, 0.6) is 5.75 Å². The second-order valence-corrected chi connectivity index (χ2v) is 5.36. The van der Waals surface area contributed by atoms with Crippen LogP contribution >= 0.6 is 0 Å². The van der Waals surface area contributed by atoms with Gasteiger partial charge < -0.3 is 20.7 Å². The van der Waals surface area contributed by atoms with Gasteiger partial charge in [-0.1, -0.05) is 12.5 Å². The number of hydrogen-bond acceptors (Lipinski definition) is 5. The van der Waals surface area contributed by atoms with Gasteiger partial charge >= 0.3 is 0 Å². The fourth-order valence-corrected chi connectivity index (χ4v) is 2.63. The first-order valence-electron chi connectivity index (χ1n) is 7.20. The molecule has 1 aromatic carbocycles. The van der Waals surface area contributed by atoms with Crippen molar-refractivity contribution in [2.24, 2.45) is 0 Å². The summed E-state index contributed by atoms with van der Waals surface area (Å²) in [7, 11) is 0. The van der Waals surface area contributed by atoms with E-state index in [9.17, 15) is 10.2 Å². The Labute approximate surface area is 120 Å². The first-order valence-corrected chi connectivity index (χ1v) is 7.20. The van der Waals surface area contributed by atoms with Gasteiger partial charge in [-0.15, -0.1) is 0 Å². The molecule has 1 fully saturated rings. The monoisotopic (exact) mass is 280 g/mol. The van der Waals surface area contributed by atoms with E-state index in [1.165, 1.54) is 0 Å². The Morgan fingerprint density at radius 1 is 1.40 bits per heavy atom. The molecule has 0 radical (unpaired) electrons. The zero-order valence-electron chi connectivity index (χ0n) is 11.7. The van der Waals surface area contributed by atoms with Crippen LogP contribution in [0.15, 0.2) is 24.3 Å². The van der Waals surface area contributed by atoms with Crippen molar-refractivity contribution in [2.45, 2.75) is 31.4 Å². The first-order chi connectivity index (χ1) is 9.69. The molecule has 0 saturated carbocycles. The Hall–Kier alpha value is -1.30. The van der Waals surface area contributed by atoms with Crippen LogP contribution in [0.2, 0.25) is 0 Å². The Morgan fingerprint density at radius 2 is 2.25 bits per heavy atom. The lowest BCUT2D eigenvalue weighted by Gasteiger charge is -2.35. The molecule has 112 valence electrons. The molecule has 0 amide bonds. The van der Waals surface area contributed by atoms with E-state index in [4.69, 9.17) is 10.5 Å². The molecule has 0 spiro atoms. The third-order valence-corrected chi connectivity index (χ3v) is 3.71. The van der Waals surface area contributed by atoms with Crippen LogP contribution in [0.1, 0.15) is 19.3 Å². The maximum atomic E-state index is 10.1. The van der Waals surface area contributed by atoms with Crippen LogP contribution in [0.3, 0.4) is 0 Å². The molecule has 1 saturated heterocycles. The largest absolute Gasteiger partial charge is 0.491 e. The average Bonchev–Trinajstić information content (AvgIpc) is 2.46. The summed E-state index contributed by atoms with van der Waals surface area (Å²) in [6.07, 6.45) is 2.71. The van der Waals surface area contributed by atoms with Gasteiger partial charge in [-0.2, -0.15) is 0 Å². The minimum absolute atomic E-state index is 0.156. The maximum absolute atomic E-state index is 10.1. The molecule has 1 aromatic rings. The highest BCUT2D eigenvalue weighted by atomic mass is 16.5. The van der Waals surface area contributed by atoms with E-state index in [-0.39, 0.29) is 19.3 Å². The molecule has 1 aliphatic heterocycles. The van der Waals surface area contributed by atoms with E-state index >= 15 is 0 Å². The molecular formula is C15H24N2O3. The van der Waals surface area contributed by atoms with Crippen molar-refractivity contribution < 1.29 is 14.9 Å². The van der Waals surface area contributed by atoms with Crippen LogP contribution in [0, 0.1) is 0 Å². The molecule has 1 aliphatic rings. The Morgan fingerprint density at radius 3 is 3.00 bits per heavy atom. The van der Waals surface area contributed by atoms with Crippen LogP contribution in [0.4, 0.5) is 5.69 Å². The van der Waals surface area contributed by atoms with Crippen LogP contribution < -0.4 is 10.5 Å². The minimum Gasteiger partial charge on any atom is -0.491 e. The number of anilines is 1. The smallest absolute Gasteiger partial charge is 0.121 e. The lowest BCUT2D eigenvalue weighted by atomic mass is 10.0. The summed E-state index contributed by atoms with van der Waals surface area (Å²) in [6.45, 7) is 1.86. The van der Waals surface area contributed by atoms with E-state index in [0.717, 1.165) is 25.8 Å². The maximum Gasteiger partial charge on any atom is 0.121 e. The van der Waals surface area contributed by atoms with Crippen LogP contribution in [0.25, 0.3) is 0 Å². The Bertz CT molecular complexity index is 414. The van der Waals surface area contributed by atoms with E-state index < -0.39 is 6.10 Å². The van der Waals surface area contributed by atoms with Gasteiger partial charge in [-0.25, -0.2) is 0 Å². The summed E-state index contributed by atoms with van der Waals surface area (Å²) in [5.41, 5.74) is 6.32. The van der Waals surface area contributed by atoms with E-state index in [2.05, 4.69) is 4.90 Å². The number of likely N-dealkylation sites (tertiary alicyclic amines) is 1. The number of aliphatic hydroxyl groups excluding tert-OH is 2. The lowest BCUT2D eigenvalue weighted by Crippen LogP contribution is -2.46. The minimum atomic E-state index is -0.566. The number of hydrogen-bond donors (Lipinski definition) is 3. The highest BCUT2D eigenvalue weighted by Gasteiger charge is 2.23. The molecule has 0 bridgehead atoms. The number of nitrogens with zero attached hydrogens (tertiary/aromatic N) is 1. The van der Waals surface area contributed by atoms with Crippen LogP contribution in [-0.4, -0.2) is 53.6 Å². The van der Waals surface area contributed by atoms with Gasteiger partial charge in [0.1, 0.15) is 18.5 Å². The zero-order valence-corrected chi connectivity index (χ0v) is 11.7. The van der Waals surface area contributed by atoms with Gasteiger partial charge in [0.25, 0.3) is 0 Å². The lowest BCUT2D eigenvalue weighted by molar-refractivity contribution is 0.0232. The van der Waals surface area contributed by atoms with Gasteiger partial charge in [0, 0.05) is 24.3 Å². The molecule has 20 heavy (non-hydrogen) atoms. The molecule has 0 aliphatic carbocycles. The summed E-state index contributed by atoms with van der Waals surface area (Å²) in [4.78, 5) is 2.15. The second-order valence-electron chi connectivity index (χ2n) is 5.36. The molecule has 4 N–H and O–H groups in total. The fraction of sp³-hybridized carbons (Fsp3) is 0.600. The van der Waals surface area contributed by atoms with Crippen molar-refractivity contribution in [2.75, 3.05) is 32.0 Å². The highest BCUT2D eigenvalue weighted by molar-refractivity contribution is 5.43. The van der Waals surface area contributed by atoms with Crippen molar-refractivity contribution in [1.82, 2.24) is 4.90 Å². The molecule has 5 nitrogen and oxygen atoms in total. The molecule has 2 unspecified atom stereocenters. The summed E-state index contributed by atoms with van der Waals surface area (Å²) in [6, 6.07) is 7.35. The quantitative estimate of drug-likeness (QED) is 0.673. The number of ether oxygens (including phenoxy) is 1. The van der Waals surface area contributed by atoms with Gasteiger partial charge in [0.15, 0.2) is 0 Å². The van der Waals surface area contributed by atoms with Gasteiger partial charge in [0.2, 0.25) is 0 Å². The average molecular weight is 280 g/mol. The number of nitrogens with two attached hydrogens (primary N) is 1. The molecule has 5 heteroatoms. The summed E-state index contributed by atoms with van der Waals surface area (Å²) < 4.78 is 5.54. The fourth-order valence-electron chi connectivity index (χ4n) is 2.63. The van der Waals surface area contributed by atoms with Gasteiger partial charge in [-0.05, 0) is 31.5 Å². The molecule has 0 aromatic heterocycles. The summed E-state index contributed by atoms with van der Waals surface area (Å²) in [5.74, 6) is 0.668. The third-order valence-electron chi connectivity index (χ3n) is 3.71. The molecule has 2 rings (SSSR count). The predicted octanol–water partition coefficient (Wildman–Crippen LogP) is 0.855. The zero-order chi connectivity index (χ0) is 14.4. The molecule has 2 atom stereocenters. The van der Waals surface area contributed by atoms with E-state index in [1.54, 1.807) is 12.1 Å². The standard InChI is InChI=1S/C15H24N2O3/c16-12-4-3-6-15(8-12)20-11-14(19)9-17-7-2-1-5-13(17)10-18/h3-4,6,8,13-14,18-19H,1-2,5,7,9-11,16H2. The van der Waals surface area contributed by atoms with Crippen molar-refractivity contribution in [3.8, 4) is 5.75 Å². The summed E-state index contributed by atoms with van der Waals surface area (Å²) in [5, 5.41) is 19.4. The van der Waals surface area contributed by atoms with E-state index in [1.807, 2.05) is 12.1 Å². The normalized spacial score (nSPS) is 21.6. The molecular weight excluding hydrogens is 256 g/mol. The second kappa shape index (κ2) is 7.47. The van der Waals surface area contributed by atoms with Crippen molar-refractivity contribution >= 4 is 5.69 Å². The SMILES string of the molecule is Nc1cccc(OCC(O)CN2CCCCC2CO)c1. The van der Waals surface area contributed by atoms with Crippen molar-refractivity contribution in [1.29, 1.82) is 0 Å². The predicted molar refractivity (Wildman–Crippen MR) is 78.7 cm³/mol. The number of piperidine rings is 1. The number of nitrogen functional groups attached to an aromatic ring is 1. The molecule has 1 heterocycles. The Kier molecular flexibility index (Phi) is 5.64. The Balaban J connectivity index is 1.78. The van der Waals surface area contributed by atoms with Crippen LogP contribution in [-0.2, 0) is 0 Å². The topological polar surface area (TPSA) is 79.0 Å². The first kappa shape index (κ1) is 15.1. The van der Waals surface area contributed by atoms with E-state index in [0.29, 0.717) is 18.0 Å². The highest BCUT2D eigenvalue weighted by Crippen LogP contribution is 2.18. The van der Waals surface area contributed by atoms with Gasteiger partial charge in [-0.3, -0.25) is 4.90 Å². The van der Waals surface area contributed by atoms with Gasteiger partial charge in [0.05, 0.1) is 6.61 Å². The number of β-amino-alcohol motifs (C(OH)–C–C–N with tert-alkyl or cyclic N) is 1. The van der Waals surface area contributed by atoms with Crippen molar-refractivity contribution in [3.05, 3.63) is 24.3 Å². The number of benzene rings is 1. The number of aliphatic hydroxyl groups is 2. The van der Waals surface area contributed by atoms with Crippen molar-refractivity contribution in [3.63, 3.8) is 0 Å². The number of rotatable bonds is 6.